The van der Waals surface area contributed by atoms with Crippen LogP contribution in [0.4, 0.5) is 0 Å². The van der Waals surface area contributed by atoms with Crippen molar-refractivity contribution in [2.75, 3.05) is 20.2 Å². The van der Waals surface area contributed by atoms with Gasteiger partial charge in [0.05, 0.1) is 6.61 Å². The first kappa shape index (κ1) is 11.8. The van der Waals surface area contributed by atoms with Crippen LogP contribution in [-0.4, -0.2) is 31.1 Å². The van der Waals surface area contributed by atoms with Gasteiger partial charge in [0, 0.05) is 17.5 Å². The lowest BCUT2D eigenvalue weighted by Gasteiger charge is -2.23. The van der Waals surface area contributed by atoms with Crippen LogP contribution in [0.25, 0.3) is 0 Å². The first-order chi connectivity index (χ1) is 9.33. The molecule has 102 valence electrons. The maximum Gasteiger partial charge on any atom is 0.123 e. The Morgan fingerprint density at radius 1 is 1.26 bits per heavy atom. The molecular weight excluding hydrogens is 234 g/mol. The maximum absolute atomic E-state index is 5.96. The zero-order valence-corrected chi connectivity index (χ0v) is 11.8. The zero-order chi connectivity index (χ0) is 12.8. The largest absolute Gasteiger partial charge is 0.493 e. The number of ether oxygens (including phenoxy) is 1. The van der Waals surface area contributed by atoms with E-state index in [1.54, 1.807) is 11.1 Å². The minimum atomic E-state index is 0.636. The Bertz CT molecular complexity index is 480. The van der Waals surface area contributed by atoms with E-state index in [4.69, 9.17) is 4.74 Å². The van der Waals surface area contributed by atoms with E-state index in [9.17, 15) is 0 Å². The second-order valence-corrected chi connectivity index (χ2v) is 6.55. The first-order valence-corrected chi connectivity index (χ1v) is 7.79. The monoisotopic (exact) mass is 257 g/mol. The molecule has 0 amide bonds. The quantitative estimate of drug-likeness (QED) is 0.821. The average molecular weight is 257 g/mol. The lowest BCUT2D eigenvalue weighted by molar-refractivity contribution is 0.256. The summed E-state index contributed by atoms with van der Waals surface area (Å²) >= 11 is 0. The number of likely N-dealkylation sites (tertiary alicyclic amines) is 1. The van der Waals surface area contributed by atoms with E-state index in [2.05, 4.69) is 30.1 Å². The molecule has 1 aliphatic carbocycles. The van der Waals surface area contributed by atoms with Crippen molar-refractivity contribution in [3.8, 4) is 5.75 Å². The van der Waals surface area contributed by atoms with Crippen molar-refractivity contribution < 1.29 is 4.74 Å². The molecule has 2 atom stereocenters. The fourth-order valence-electron chi connectivity index (χ4n) is 3.94. The Hall–Kier alpha value is -1.02. The smallest absolute Gasteiger partial charge is 0.123 e. The van der Waals surface area contributed by atoms with Crippen molar-refractivity contribution in [2.24, 2.45) is 0 Å². The molecule has 0 N–H and O–H groups in total. The summed E-state index contributed by atoms with van der Waals surface area (Å²) in [5, 5.41) is 0. The van der Waals surface area contributed by atoms with Gasteiger partial charge >= 0.3 is 0 Å². The summed E-state index contributed by atoms with van der Waals surface area (Å²) in [6.07, 6.45) is 6.78. The molecular formula is C17H23NO. The van der Waals surface area contributed by atoms with E-state index >= 15 is 0 Å². The molecule has 19 heavy (non-hydrogen) atoms. The molecule has 1 saturated carbocycles. The fourth-order valence-corrected chi connectivity index (χ4v) is 3.94. The Kier molecular flexibility index (Phi) is 2.80. The fraction of sp³-hybridized carbons (Fsp3) is 0.647. The summed E-state index contributed by atoms with van der Waals surface area (Å²) < 4.78 is 5.96. The Morgan fingerprint density at radius 2 is 2.16 bits per heavy atom. The van der Waals surface area contributed by atoms with Crippen molar-refractivity contribution in [3.05, 3.63) is 29.3 Å². The molecule has 0 unspecified atom stereocenters. The van der Waals surface area contributed by atoms with Gasteiger partial charge in [-0.05, 0) is 63.2 Å². The van der Waals surface area contributed by atoms with Crippen LogP contribution in [0.2, 0.25) is 0 Å². The minimum absolute atomic E-state index is 0.636. The molecule has 3 aliphatic rings. The molecule has 0 bridgehead atoms. The molecule has 2 heterocycles. The van der Waals surface area contributed by atoms with Gasteiger partial charge in [-0.25, -0.2) is 0 Å². The minimum Gasteiger partial charge on any atom is -0.493 e. The van der Waals surface area contributed by atoms with Crippen LogP contribution in [0.15, 0.2) is 18.2 Å². The Labute approximate surface area is 115 Å². The summed E-state index contributed by atoms with van der Waals surface area (Å²) in [6, 6.07) is 7.46. The Balaban J connectivity index is 1.60. The average Bonchev–Trinajstić information content (AvgIpc) is 3.08. The van der Waals surface area contributed by atoms with E-state index < -0.39 is 0 Å². The summed E-state index contributed by atoms with van der Waals surface area (Å²) in [5.74, 6) is 2.65. The van der Waals surface area contributed by atoms with Crippen molar-refractivity contribution >= 4 is 0 Å². The van der Waals surface area contributed by atoms with Gasteiger partial charge in [0.25, 0.3) is 0 Å². The van der Waals surface area contributed by atoms with E-state index in [1.807, 2.05) is 0 Å². The van der Waals surface area contributed by atoms with Gasteiger partial charge in [0.1, 0.15) is 5.75 Å². The zero-order valence-electron chi connectivity index (χ0n) is 11.8. The molecule has 2 fully saturated rings. The third-order valence-corrected chi connectivity index (χ3v) is 5.19. The molecule has 4 rings (SSSR count). The molecule has 0 aromatic heterocycles. The van der Waals surface area contributed by atoms with E-state index in [1.165, 1.54) is 44.4 Å². The molecule has 0 spiro atoms. The first-order valence-electron chi connectivity index (χ1n) is 7.79. The third kappa shape index (κ3) is 2.06. The lowest BCUT2D eigenvalue weighted by Crippen LogP contribution is -2.27. The highest BCUT2D eigenvalue weighted by molar-refractivity contribution is 5.48. The number of hydrogen-bond donors (Lipinski definition) is 0. The van der Waals surface area contributed by atoms with Crippen molar-refractivity contribution in [2.45, 2.75) is 50.0 Å². The standard InChI is InChI=1S/C17H23NO/c1-18-9-3-4-14(18)10-13-11-19-16-6-2-5-15(17(13)16)12-7-8-12/h2,5-6,12-14H,3-4,7-11H2,1H3/t13-,14+/m0/s1. The highest BCUT2D eigenvalue weighted by Gasteiger charge is 2.35. The van der Waals surface area contributed by atoms with Gasteiger partial charge in [-0.3, -0.25) is 0 Å². The SMILES string of the molecule is CN1CCC[C@@H]1C[C@H]1COc2cccc(C3CC3)c21. The highest BCUT2D eigenvalue weighted by Crippen LogP contribution is 2.49. The highest BCUT2D eigenvalue weighted by atomic mass is 16.5. The second kappa shape index (κ2) is 4.52. The number of rotatable bonds is 3. The number of fused-ring (bicyclic) bond motifs is 1. The van der Waals surface area contributed by atoms with Crippen LogP contribution >= 0.6 is 0 Å². The summed E-state index contributed by atoms with van der Waals surface area (Å²) in [4.78, 5) is 2.54. The van der Waals surface area contributed by atoms with Gasteiger partial charge in [0.15, 0.2) is 0 Å². The molecule has 2 aliphatic heterocycles. The van der Waals surface area contributed by atoms with Crippen molar-refractivity contribution in [1.82, 2.24) is 4.90 Å². The predicted molar refractivity (Wildman–Crippen MR) is 76.9 cm³/mol. The van der Waals surface area contributed by atoms with Crippen LogP contribution in [0, 0.1) is 0 Å². The topological polar surface area (TPSA) is 12.5 Å². The summed E-state index contributed by atoms with van der Waals surface area (Å²) in [6.45, 7) is 2.18. The number of hydrogen-bond acceptors (Lipinski definition) is 2. The van der Waals surface area contributed by atoms with Gasteiger partial charge in [-0.15, -0.1) is 0 Å². The second-order valence-electron chi connectivity index (χ2n) is 6.55. The molecule has 2 nitrogen and oxygen atoms in total. The molecule has 1 saturated heterocycles. The van der Waals surface area contributed by atoms with Crippen molar-refractivity contribution in [3.63, 3.8) is 0 Å². The number of nitrogens with zero attached hydrogens (tertiary/aromatic N) is 1. The van der Waals surface area contributed by atoms with E-state index in [0.717, 1.165) is 18.6 Å². The van der Waals surface area contributed by atoms with Crippen LogP contribution in [0.5, 0.6) is 5.75 Å². The predicted octanol–water partition coefficient (Wildman–Crippen LogP) is 3.52. The maximum atomic E-state index is 5.96. The Morgan fingerprint density at radius 3 is 2.89 bits per heavy atom. The lowest BCUT2D eigenvalue weighted by atomic mass is 9.88. The third-order valence-electron chi connectivity index (χ3n) is 5.19. The van der Waals surface area contributed by atoms with Gasteiger partial charge in [-0.2, -0.15) is 0 Å². The normalized spacial score (nSPS) is 30.4. The van der Waals surface area contributed by atoms with Crippen LogP contribution in [0.3, 0.4) is 0 Å². The van der Waals surface area contributed by atoms with E-state index in [0.29, 0.717) is 5.92 Å². The van der Waals surface area contributed by atoms with Crippen LogP contribution in [0.1, 0.15) is 55.1 Å². The van der Waals surface area contributed by atoms with Crippen molar-refractivity contribution in [1.29, 1.82) is 0 Å². The van der Waals surface area contributed by atoms with Gasteiger partial charge in [0.2, 0.25) is 0 Å². The molecule has 0 radical (unpaired) electrons. The summed E-state index contributed by atoms with van der Waals surface area (Å²) in [5.41, 5.74) is 3.16. The number of benzene rings is 1. The molecule has 1 aromatic carbocycles. The van der Waals surface area contributed by atoms with Crippen LogP contribution in [-0.2, 0) is 0 Å². The molecule has 2 heteroatoms. The van der Waals surface area contributed by atoms with Gasteiger partial charge in [-0.1, -0.05) is 12.1 Å². The summed E-state index contributed by atoms with van der Waals surface area (Å²) in [7, 11) is 2.28. The van der Waals surface area contributed by atoms with Gasteiger partial charge < -0.3 is 9.64 Å². The van der Waals surface area contributed by atoms with Crippen LogP contribution < -0.4 is 4.74 Å². The molecule has 1 aromatic rings. The van der Waals surface area contributed by atoms with E-state index in [-0.39, 0.29) is 0 Å².